The first-order valence-electron chi connectivity index (χ1n) is 8.81. The lowest BCUT2D eigenvalue weighted by molar-refractivity contribution is -0.123. The second kappa shape index (κ2) is 8.08. The fourth-order valence-electron chi connectivity index (χ4n) is 3.19. The number of carbonyl (C=O) groups excluding carboxylic acids is 1. The van der Waals surface area contributed by atoms with E-state index in [1.807, 2.05) is 19.2 Å². The first kappa shape index (κ1) is 18.7. The van der Waals surface area contributed by atoms with Gasteiger partial charge in [-0.1, -0.05) is 42.1 Å². The van der Waals surface area contributed by atoms with Crippen molar-refractivity contribution < 1.29 is 9.18 Å². The summed E-state index contributed by atoms with van der Waals surface area (Å²) in [6.07, 6.45) is 7.78. The van der Waals surface area contributed by atoms with Crippen molar-refractivity contribution in [2.24, 2.45) is 10.9 Å². The number of amides is 1. The maximum atomic E-state index is 13.3. The summed E-state index contributed by atoms with van der Waals surface area (Å²) in [5.74, 6) is 0.448. The van der Waals surface area contributed by atoms with Crippen LogP contribution in [0.3, 0.4) is 0 Å². The van der Waals surface area contributed by atoms with Crippen molar-refractivity contribution >= 4 is 22.8 Å². The zero-order valence-corrected chi connectivity index (χ0v) is 15.9. The van der Waals surface area contributed by atoms with E-state index in [4.69, 9.17) is 4.99 Å². The predicted molar refractivity (Wildman–Crippen MR) is 106 cm³/mol. The molecule has 1 aliphatic carbocycles. The van der Waals surface area contributed by atoms with Gasteiger partial charge in [-0.15, -0.1) is 0 Å². The van der Waals surface area contributed by atoms with Crippen molar-refractivity contribution in [3.8, 4) is 0 Å². The molecule has 1 aromatic carbocycles. The van der Waals surface area contributed by atoms with E-state index in [9.17, 15) is 9.18 Å². The van der Waals surface area contributed by atoms with Gasteiger partial charge in [0.2, 0.25) is 5.91 Å². The van der Waals surface area contributed by atoms with Crippen LogP contribution in [0.15, 0.2) is 53.1 Å². The molecule has 1 heterocycles. The highest BCUT2D eigenvalue weighted by Gasteiger charge is 2.33. The Hall–Kier alpha value is -2.08. The van der Waals surface area contributed by atoms with E-state index in [1.54, 1.807) is 23.9 Å². The van der Waals surface area contributed by atoms with Gasteiger partial charge in [0.1, 0.15) is 5.82 Å². The molecule has 2 aliphatic rings. The van der Waals surface area contributed by atoms with E-state index < -0.39 is 0 Å². The molecule has 0 aromatic heterocycles. The molecular formula is C20H24FN3OS. The van der Waals surface area contributed by atoms with Crippen molar-refractivity contribution in [3.05, 3.63) is 59.4 Å². The van der Waals surface area contributed by atoms with Gasteiger partial charge in [-0.25, -0.2) is 4.39 Å². The maximum Gasteiger partial charge on any atom is 0.227 e. The average molecular weight is 373 g/mol. The number of thioether (sulfide) groups is 1. The molecule has 4 nitrogen and oxygen atoms in total. The lowest BCUT2D eigenvalue weighted by Gasteiger charge is -2.33. The number of hydrogen-bond donors (Lipinski definition) is 2. The molecule has 1 aromatic rings. The third-order valence-electron chi connectivity index (χ3n) is 4.77. The Morgan fingerprint density at radius 2 is 2.31 bits per heavy atom. The van der Waals surface area contributed by atoms with E-state index in [1.165, 1.54) is 12.1 Å². The molecule has 1 aliphatic heterocycles. The second-order valence-electron chi connectivity index (χ2n) is 6.75. The zero-order chi connectivity index (χ0) is 18.6. The van der Waals surface area contributed by atoms with E-state index in [-0.39, 0.29) is 23.2 Å². The predicted octanol–water partition coefficient (Wildman–Crippen LogP) is 3.42. The second-order valence-corrected chi connectivity index (χ2v) is 7.84. The number of allylic oxidation sites excluding steroid dienone is 1. The molecule has 138 valence electrons. The van der Waals surface area contributed by atoms with Crippen LogP contribution < -0.4 is 10.6 Å². The van der Waals surface area contributed by atoms with Crippen molar-refractivity contribution in [1.82, 2.24) is 10.6 Å². The number of rotatable bonds is 4. The molecule has 0 saturated heterocycles. The number of amidine groups is 1. The summed E-state index contributed by atoms with van der Waals surface area (Å²) in [6, 6.07) is 6.30. The summed E-state index contributed by atoms with van der Waals surface area (Å²) in [7, 11) is 1.88. The summed E-state index contributed by atoms with van der Waals surface area (Å²) in [5.41, 5.74) is 1.54. The number of carbonyl (C=O) groups is 1. The Morgan fingerprint density at radius 3 is 3.08 bits per heavy atom. The van der Waals surface area contributed by atoms with Crippen LogP contribution >= 0.6 is 11.8 Å². The topological polar surface area (TPSA) is 53.5 Å². The number of benzene rings is 1. The first-order valence-corrected chi connectivity index (χ1v) is 9.80. The standard InChI is InChI=1S/C20H24FN3OS/c1-20(9-10-26-19(22-2)24-20)16-7-4-6-15(12-16)18(25)23-13-14-5-3-8-17(21)11-14/h3-5,7-8,11-12,15H,6,9-10,13H2,1-2H3,(H,22,24)(H,23,25). The Bertz CT molecular complexity index is 774. The minimum Gasteiger partial charge on any atom is -0.368 e. The van der Waals surface area contributed by atoms with Gasteiger partial charge in [0.25, 0.3) is 0 Å². The lowest BCUT2D eigenvalue weighted by atomic mass is 9.83. The Labute approximate surface area is 158 Å². The summed E-state index contributed by atoms with van der Waals surface area (Å²) in [6.45, 7) is 2.45. The van der Waals surface area contributed by atoms with E-state index in [2.05, 4.69) is 23.6 Å². The van der Waals surface area contributed by atoms with Crippen LogP contribution in [0.2, 0.25) is 0 Å². The number of aliphatic imine (C=N–C) groups is 1. The van der Waals surface area contributed by atoms with Gasteiger partial charge in [-0.2, -0.15) is 0 Å². The highest BCUT2D eigenvalue weighted by atomic mass is 32.2. The fraction of sp³-hybridized carbons (Fsp3) is 0.400. The molecule has 0 saturated carbocycles. The van der Waals surface area contributed by atoms with Crippen molar-refractivity contribution in [1.29, 1.82) is 0 Å². The molecule has 26 heavy (non-hydrogen) atoms. The van der Waals surface area contributed by atoms with Crippen LogP contribution in [0.4, 0.5) is 4.39 Å². The molecule has 0 bridgehead atoms. The van der Waals surface area contributed by atoms with E-state index >= 15 is 0 Å². The highest BCUT2D eigenvalue weighted by molar-refractivity contribution is 8.13. The van der Waals surface area contributed by atoms with Crippen LogP contribution in [-0.2, 0) is 11.3 Å². The Kier molecular flexibility index (Phi) is 5.81. The molecule has 0 fully saturated rings. The summed E-state index contributed by atoms with van der Waals surface area (Å²) in [4.78, 5) is 17.4. The summed E-state index contributed by atoms with van der Waals surface area (Å²) >= 11 is 1.72. The number of hydrogen-bond acceptors (Lipinski definition) is 4. The minimum atomic E-state index is -0.304. The van der Waals surface area contributed by atoms with Crippen molar-refractivity contribution in [2.75, 3.05) is 12.8 Å². The molecule has 2 atom stereocenters. The highest BCUT2D eigenvalue weighted by Crippen LogP contribution is 2.35. The summed E-state index contributed by atoms with van der Waals surface area (Å²) < 4.78 is 13.3. The summed E-state index contributed by atoms with van der Waals surface area (Å²) in [5, 5.41) is 6.98. The number of nitrogens with zero attached hydrogens (tertiary/aromatic N) is 1. The van der Waals surface area contributed by atoms with Gasteiger partial charge in [-0.05, 0) is 43.0 Å². The number of halogens is 1. The molecule has 3 rings (SSSR count). The van der Waals surface area contributed by atoms with Gasteiger partial charge in [0, 0.05) is 19.3 Å². The van der Waals surface area contributed by atoms with Crippen LogP contribution in [0.5, 0.6) is 0 Å². The third-order valence-corrected chi connectivity index (χ3v) is 5.75. The molecule has 1 amide bonds. The van der Waals surface area contributed by atoms with Crippen molar-refractivity contribution in [2.45, 2.75) is 31.8 Å². The normalized spacial score (nSPS) is 25.3. The van der Waals surface area contributed by atoms with Gasteiger partial charge in [0.15, 0.2) is 5.17 Å². The van der Waals surface area contributed by atoms with Gasteiger partial charge in [0.05, 0.1) is 11.5 Å². The smallest absolute Gasteiger partial charge is 0.227 e. The Balaban J connectivity index is 1.69. The van der Waals surface area contributed by atoms with Crippen LogP contribution in [0, 0.1) is 11.7 Å². The number of nitrogens with one attached hydrogen (secondary N) is 2. The SMILES string of the molecule is CNC1=NC(C)(C2=CC(C(=O)NCc3cccc(F)c3)CC=C2)CCS1. The van der Waals surface area contributed by atoms with E-state index in [0.717, 1.165) is 28.5 Å². The first-order chi connectivity index (χ1) is 12.5. The zero-order valence-electron chi connectivity index (χ0n) is 15.1. The lowest BCUT2D eigenvalue weighted by Crippen LogP contribution is -2.36. The van der Waals surface area contributed by atoms with Gasteiger partial charge in [-0.3, -0.25) is 9.79 Å². The molecule has 2 unspecified atom stereocenters. The van der Waals surface area contributed by atoms with Crippen LogP contribution in [0.25, 0.3) is 0 Å². The van der Waals surface area contributed by atoms with Crippen molar-refractivity contribution in [3.63, 3.8) is 0 Å². The molecular weight excluding hydrogens is 349 g/mol. The molecule has 0 radical (unpaired) electrons. The van der Waals surface area contributed by atoms with Crippen LogP contribution in [-0.4, -0.2) is 29.4 Å². The molecule has 2 N–H and O–H groups in total. The quantitative estimate of drug-likeness (QED) is 0.850. The molecule has 6 heteroatoms. The Morgan fingerprint density at radius 1 is 1.46 bits per heavy atom. The minimum absolute atomic E-state index is 0.0392. The monoisotopic (exact) mass is 373 g/mol. The third kappa shape index (κ3) is 4.36. The fourth-order valence-corrected chi connectivity index (χ4v) is 4.29. The van der Waals surface area contributed by atoms with Crippen LogP contribution in [0.1, 0.15) is 25.3 Å². The average Bonchev–Trinajstić information content (AvgIpc) is 2.66. The largest absolute Gasteiger partial charge is 0.368 e. The van der Waals surface area contributed by atoms with Gasteiger partial charge >= 0.3 is 0 Å². The van der Waals surface area contributed by atoms with Gasteiger partial charge < -0.3 is 10.6 Å². The maximum absolute atomic E-state index is 13.3. The molecule has 0 spiro atoms. The van der Waals surface area contributed by atoms with E-state index in [0.29, 0.717) is 13.0 Å².